The lowest BCUT2D eigenvalue weighted by Gasteiger charge is -2.15. The molecule has 0 amide bonds. The van der Waals surface area contributed by atoms with Crippen molar-refractivity contribution in [2.45, 2.75) is 11.0 Å². The zero-order valence-electron chi connectivity index (χ0n) is 18.9. The molecule has 0 saturated heterocycles. The summed E-state index contributed by atoms with van der Waals surface area (Å²) >= 11 is 0. The highest BCUT2D eigenvalue weighted by Gasteiger charge is 2.15. The van der Waals surface area contributed by atoms with E-state index in [0.717, 1.165) is 23.0 Å². The maximum Gasteiger partial charge on any atom is 0.261 e. The van der Waals surface area contributed by atoms with Gasteiger partial charge in [-0.2, -0.15) is 0 Å². The first-order chi connectivity index (χ1) is 16.9. The number of hydrogen-bond donors (Lipinski definition) is 4. The minimum absolute atomic E-state index is 0.0580. The van der Waals surface area contributed by atoms with Crippen LogP contribution in [0.3, 0.4) is 0 Å². The van der Waals surface area contributed by atoms with Crippen molar-refractivity contribution < 1.29 is 27.4 Å². The molecule has 4 rings (SSSR count). The maximum absolute atomic E-state index is 13.1. The molecule has 11 heteroatoms. The molecule has 3 aromatic carbocycles. The first kappa shape index (κ1) is 24.5. The number of sulfonamides is 1. The molecule has 184 valence electrons. The van der Waals surface area contributed by atoms with Crippen molar-refractivity contribution in [3.63, 3.8) is 0 Å². The number of methoxy groups -OCH3 is 1. The fourth-order valence-electron chi connectivity index (χ4n) is 3.45. The van der Waals surface area contributed by atoms with Crippen LogP contribution in [0.25, 0.3) is 10.9 Å². The number of halogens is 1. The first-order valence-corrected chi connectivity index (χ1v) is 12.3. The number of benzene rings is 3. The van der Waals surface area contributed by atoms with Gasteiger partial charge in [0.05, 0.1) is 29.0 Å². The summed E-state index contributed by atoms with van der Waals surface area (Å²) in [5.74, 6) is 0.674. The Hall–Kier alpha value is -3.67. The summed E-state index contributed by atoms with van der Waals surface area (Å²) in [6, 6.07) is 16.5. The van der Waals surface area contributed by atoms with E-state index in [9.17, 15) is 17.9 Å². The fourth-order valence-corrected chi connectivity index (χ4v) is 4.50. The molecule has 0 unspecified atom stereocenters. The van der Waals surface area contributed by atoms with E-state index in [0.29, 0.717) is 36.0 Å². The van der Waals surface area contributed by atoms with Gasteiger partial charge in [0, 0.05) is 24.8 Å². The molecule has 0 aliphatic heterocycles. The van der Waals surface area contributed by atoms with Crippen molar-refractivity contribution in [3.05, 3.63) is 78.1 Å². The first-order valence-electron chi connectivity index (χ1n) is 10.8. The Labute approximate surface area is 201 Å². The number of ether oxygens (including phenoxy) is 2. The zero-order valence-corrected chi connectivity index (χ0v) is 19.7. The van der Waals surface area contributed by atoms with Gasteiger partial charge in [-0.3, -0.25) is 9.82 Å². The summed E-state index contributed by atoms with van der Waals surface area (Å²) in [5, 5.41) is 21.4. The largest absolute Gasteiger partial charge is 0.492 e. The molecule has 0 aliphatic carbocycles. The van der Waals surface area contributed by atoms with Gasteiger partial charge in [-0.05, 0) is 54.1 Å². The highest BCUT2D eigenvalue weighted by Crippen LogP contribution is 2.26. The molecule has 0 spiro atoms. The second-order valence-corrected chi connectivity index (χ2v) is 9.38. The normalized spacial score (nSPS) is 12.4. The van der Waals surface area contributed by atoms with Crippen molar-refractivity contribution in [1.82, 2.24) is 15.5 Å². The van der Waals surface area contributed by atoms with Gasteiger partial charge in [-0.25, -0.2) is 12.8 Å². The summed E-state index contributed by atoms with van der Waals surface area (Å²) in [5.41, 5.74) is 1.63. The van der Waals surface area contributed by atoms with E-state index < -0.39 is 21.9 Å². The Morgan fingerprint density at radius 2 is 1.91 bits per heavy atom. The Bertz CT molecular complexity index is 1390. The number of aliphatic hydroxyl groups excluding tert-OH is 1. The number of aromatic nitrogens is 2. The molecular weight excluding hydrogens is 475 g/mol. The van der Waals surface area contributed by atoms with E-state index in [4.69, 9.17) is 9.47 Å². The van der Waals surface area contributed by atoms with E-state index in [1.807, 2.05) is 18.2 Å². The van der Waals surface area contributed by atoms with Crippen molar-refractivity contribution in [3.8, 4) is 11.6 Å². The summed E-state index contributed by atoms with van der Waals surface area (Å²) in [6.45, 7) is 1.10. The lowest BCUT2D eigenvalue weighted by molar-refractivity contribution is 0.172. The number of nitrogens with zero attached hydrogens (tertiary/aromatic N) is 1. The standard InChI is InChI=1S/C24H25FN4O5S/c1-33-24-21-10-7-19(14-22(21)27-28-24)34-12-11-26-15-23(30)16-3-2-4-18(13-16)29-35(31,32)20-8-5-17(25)6-9-20/h2-10,13-14,23,26,29-30H,11-12,15H2,1H3,(H,27,28)/t23-/m0/s1. The van der Waals surface area contributed by atoms with Crippen molar-refractivity contribution in [2.24, 2.45) is 0 Å². The van der Waals surface area contributed by atoms with Crippen LogP contribution in [0.4, 0.5) is 10.1 Å². The van der Waals surface area contributed by atoms with Gasteiger partial charge in [0.15, 0.2) is 0 Å². The zero-order chi connectivity index (χ0) is 24.8. The Balaban J connectivity index is 1.26. The molecule has 0 bridgehead atoms. The summed E-state index contributed by atoms with van der Waals surface area (Å²) in [4.78, 5) is -0.0580. The Kier molecular flexibility index (Phi) is 7.49. The molecule has 0 aliphatic rings. The van der Waals surface area contributed by atoms with Crippen LogP contribution in [0.2, 0.25) is 0 Å². The number of nitrogens with one attached hydrogen (secondary N) is 3. The molecule has 4 N–H and O–H groups in total. The van der Waals surface area contributed by atoms with Crippen LogP contribution in [0.5, 0.6) is 11.6 Å². The van der Waals surface area contributed by atoms with Crippen LogP contribution in [-0.4, -0.2) is 50.5 Å². The molecule has 1 heterocycles. The van der Waals surface area contributed by atoms with Crippen LogP contribution in [-0.2, 0) is 10.0 Å². The number of H-pyrrole nitrogens is 1. The second-order valence-electron chi connectivity index (χ2n) is 7.69. The minimum atomic E-state index is -3.88. The topological polar surface area (TPSA) is 126 Å². The fraction of sp³-hybridized carbons (Fsp3) is 0.208. The van der Waals surface area contributed by atoms with Crippen LogP contribution < -0.4 is 19.5 Å². The number of aliphatic hydroxyl groups is 1. The number of hydrogen-bond acceptors (Lipinski definition) is 7. The van der Waals surface area contributed by atoms with E-state index >= 15 is 0 Å². The third-order valence-electron chi connectivity index (χ3n) is 5.23. The Morgan fingerprint density at radius 3 is 2.69 bits per heavy atom. The van der Waals surface area contributed by atoms with Gasteiger partial charge in [0.2, 0.25) is 5.88 Å². The predicted octanol–water partition coefficient (Wildman–Crippen LogP) is 3.21. The van der Waals surface area contributed by atoms with Crippen molar-refractivity contribution >= 4 is 26.6 Å². The molecular formula is C24H25FN4O5S. The monoisotopic (exact) mass is 500 g/mol. The van der Waals surface area contributed by atoms with Crippen LogP contribution in [0.15, 0.2) is 71.6 Å². The summed E-state index contributed by atoms with van der Waals surface area (Å²) in [7, 11) is -2.32. The van der Waals surface area contributed by atoms with Crippen molar-refractivity contribution in [2.75, 3.05) is 31.5 Å². The molecule has 4 aromatic rings. The van der Waals surface area contributed by atoms with Gasteiger partial charge in [-0.15, -0.1) is 5.10 Å². The van der Waals surface area contributed by atoms with E-state index in [2.05, 4.69) is 20.2 Å². The van der Waals surface area contributed by atoms with Crippen molar-refractivity contribution in [1.29, 1.82) is 0 Å². The molecule has 35 heavy (non-hydrogen) atoms. The average Bonchev–Trinajstić information content (AvgIpc) is 3.26. The molecule has 9 nitrogen and oxygen atoms in total. The molecule has 1 aromatic heterocycles. The maximum atomic E-state index is 13.1. The molecule has 0 radical (unpaired) electrons. The van der Waals surface area contributed by atoms with Gasteiger partial charge < -0.3 is 19.9 Å². The predicted molar refractivity (Wildman–Crippen MR) is 130 cm³/mol. The van der Waals surface area contributed by atoms with Crippen LogP contribution >= 0.6 is 0 Å². The second kappa shape index (κ2) is 10.7. The van der Waals surface area contributed by atoms with E-state index in [1.54, 1.807) is 31.4 Å². The van der Waals surface area contributed by atoms with Gasteiger partial charge in [-0.1, -0.05) is 12.1 Å². The van der Waals surface area contributed by atoms with Crippen LogP contribution in [0, 0.1) is 5.82 Å². The van der Waals surface area contributed by atoms with Gasteiger partial charge >= 0.3 is 0 Å². The summed E-state index contributed by atoms with van der Waals surface area (Å²) < 4.78 is 51.5. The number of fused-ring (bicyclic) bond motifs is 1. The number of rotatable bonds is 11. The molecule has 0 fully saturated rings. The minimum Gasteiger partial charge on any atom is -0.492 e. The van der Waals surface area contributed by atoms with Gasteiger partial charge in [0.25, 0.3) is 10.0 Å². The van der Waals surface area contributed by atoms with E-state index in [1.165, 1.54) is 12.1 Å². The lowest BCUT2D eigenvalue weighted by Crippen LogP contribution is -2.26. The smallest absolute Gasteiger partial charge is 0.261 e. The SMILES string of the molecule is COc1n[nH]c2cc(OCCNC[C@H](O)c3cccc(NS(=O)(=O)c4ccc(F)cc4)c3)ccc12. The highest BCUT2D eigenvalue weighted by molar-refractivity contribution is 7.92. The van der Waals surface area contributed by atoms with Gasteiger partial charge in [0.1, 0.15) is 18.2 Å². The third-order valence-corrected chi connectivity index (χ3v) is 6.62. The average molecular weight is 501 g/mol. The summed E-state index contributed by atoms with van der Waals surface area (Å²) in [6.07, 6.45) is -0.862. The molecule has 0 saturated carbocycles. The third kappa shape index (κ3) is 6.07. The molecule has 1 atom stereocenters. The highest BCUT2D eigenvalue weighted by atomic mass is 32.2. The van der Waals surface area contributed by atoms with Crippen LogP contribution in [0.1, 0.15) is 11.7 Å². The van der Waals surface area contributed by atoms with E-state index in [-0.39, 0.29) is 11.4 Å². The quantitative estimate of drug-likeness (QED) is 0.233. The Morgan fingerprint density at radius 1 is 1.11 bits per heavy atom. The number of anilines is 1. The lowest BCUT2D eigenvalue weighted by atomic mass is 10.1. The number of aromatic amines is 1.